The minimum absolute atomic E-state index is 0.364. The first-order valence-electron chi connectivity index (χ1n) is 5.55. The minimum Gasteiger partial charge on any atom is -0.294 e. The first-order chi connectivity index (χ1) is 8.61. The molecular weight excluding hydrogens is 254 g/mol. The van der Waals surface area contributed by atoms with Gasteiger partial charge in [0.2, 0.25) is 5.78 Å². The number of rotatable bonds is 4. The lowest BCUT2D eigenvalue weighted by Crippen LogP contribution is -2.44. The molecule has 5 nitrogen and oxygen atoms in total. The molecule has 0 spiro atoms. The van der Waals surface area contributed by atoms with Crippen molar-refractivity contribution in [2.45, 2.75) is 12.7 Å². The Morgan fingerprint density at radius 3 is 2.78 bits per heavy atom. The van der Waals surface area contributed by atoms with Crippen molar-refractivity contribution in [1.29, 1.82) is 0 Å². The fourth-order valence-corrected chi connectivity index (χ4v) is 2.14. The second kappa shape index (κ2) is 5.58. The van der Waals surface area contributed by atoms with E-state index in [2.05, 4.69) is 5.43 Å². The Balaban J connectivity index is 2.10. The van der Waals surface area contributed by atoms with Crippen LogP contribution < -0.4 is 5.43 Å². The molecule has 1 heterocycles. The summed E-state index contributed by atoms with van der Waals surface area (Å²) in [7, 11) is 1.74. The summed E-state index contributed by atoms with van der Waals surface area (Å²) in [5.74, 6) is -0.448. The van der Waals surface area contributed by atoms with Crippen molar-refractivity contribution in [3.05, 3.63) is 34.9 Å². The molecular formula is C12H14ClN3O2. The van der Waals surface area contributed by atoms with Gasteiger partial charge < -0.3 is 0 Å². The van der Waals surface area contributed by atoms with Crippen LogP contribution in [0, 0.1) is 0 Å². The SMILES string of the molecule is CN1NCN(Cc2ccc(Cl)cc2)C1C(=O)C=O. The number of ketones is 1. The zero-order valence-corrected chi connectivity index (χ0v) is 10.7. The summed E-state index contributed by atoms with van der Waals surface area (Å²) >= 11 is 5.82. The van der Waals surface area contributed by atoms with Crippen molar-refractivity contribution in [3.63, 3.8) is 0 Å². The lowest BCUT2D eigenvalue weighted by molar-refractivity contribution is -0.136. The molecule has 0 aromatic heterocycles. The molecule has 0 bridgehead atoms. The Labute approximate surface area is 110 Å². The molecule has 6 heteroatoms. The quantitative estimate of drug-likeness (QED) is 0.641. The van der Waals surface area contributed by atoms with E-state index in [1.165, 1.54) is 0 Å². The average molecular weight is 268 g/mol. The topological polar surface area (TPSA) is 52.6 Å². The van der Waals surface area contributed by atoms with E-state index in [4.69, 9.17) is 11.6 Å². The highest BCUT2D eigenvalue weighted by Crippen LogP contribution is 2.16. The molecule has 1 aromatic carbocycles. The lowest BCUT2D eigenvalue weighted by atomic mass is 10.2. The number of benzene rings is 1. The number of hydrogen-bond donors (Lipinski definition) is 1. The van der Waals surface area contributed by atoms with Gasteiger partial charge in [-0.2, -0.15) is 0 Å². The van der Waals surface area contributed by atoms with Gasteiger partial charge in [-0.05, 0) is 17.7 Å². The number of nitrogens with one attached hydrogen (secondary N) is 1. The summed E-state index contributed by atoms with van der Waals surface area (Å²) < 4.78 is 0. The predicted molar refractivity (Wildman–Crippen MR) is 67.6 cm³/mol. The van der Waals surface area contributed by atoms with Crippen molar-refractivity contribution in [1.82, 2.24) is 15.3 Å². The summed E-state index contributed by atoms with van der Waals surface area (Å²) in [5.41, 5.74) is 4.06. The fraction of sp³-hybridized carbons (Fsp3) is 0.333. The van der Waals surface area contributed by atoms with Gasteiger partial charge in [-0.3, -0.25) is 14.5 Å². The van der Waals surface area contributed by atoms with E-state index in [0.717, 1.165) is 5.56 Å². The second-order valence-electron chi connectivity index (χ2n) is 4.19. The zero-order chi connectivity index (χ0) is 13.1. The fourth-order valence-electron chi connectivity index (χ4n) is 2.02. The smallest absolute Gasteiger partial charge is 0.228 e. The molecule has 0 saturated carbocycles. The van der Waals surface area contributed by atoms with E-state index in [1.54, 1.807) is 24.2 Å². The molecule has 0 radical (unpaired) electrons. The van der Waals surface area contributed by atoms with Crippen molar-refractivity contribution in [2.24, 2.45) is 0 Å². The number of aldehydes is 1. The van der Waals surface area contributed by atoms with Crippen LogP contribution in [-0.4, -0.2) is 41.9 Å². The molecule has 1 aliphatic heterocycles. The molecule has 1 fully saturated rings. The van der Waals surface area contributed by atoms with Crippen LogP contribution in [0.15, 0.2) is 24.3 Å². The monoisotopic (exact) mass is 267 g/mol. The van der Waals surface area contributed by atoms with Crippen LogP contribution in [0.5, 0.6) is 0 Å². The first kappa shape index (κ1) is 13.2. The third kappa shape index (κ3) is 2.76. The predicted octanol–water partition coefficient (Wildman–Crippen LogP) is 0.644. The van der Waals surface area contributed by atoms with Gasteiger partial charge in [-0.1, -0.05) is 23.7 Å². The summed E-state index contributed by atoms with van der Waals surface area (Å²) in [6.45, 7) is 1.11. The highest BCUT2D eigenvalue weighted by molar-refractivity contribution is 6.30. The van der Waals surface area contributed by atoms with Gasteiger partial charge in [-0.25, -0.2) is 10.4 Å². The number of halogens is 1. The molecule has 1 N–H and O–H groups in total. The minimum atomic E-state index is -0.543. The Kier molecular flexibility index (Phi) is 4.08. The Morgan fingerprint density at radius 2 is 2.17 bits per heavy atom. The molecule has 0 amide bonds. The largest absolute Gasteiger partial charge is 0.294 e. The number of likely N-dealkylation sites (N-methyl/N-ethyl adjacent to an activating group) is 1. The van der Waals surface area contributed by atoms with Gasteiger partial charge in [0.1, 0.15) is 6.17 Å². The molecule has 1 unspecified atom stereocenters. The number of nitrogens with zero attached hydrogens (tertiary/aromatic N) is 2. The molecule has 1 aliphatic rings. The molecule has 18 heavy (non-hydrogen) atoms. The summed E-state index contributed by atoms with van der Waals surface area (Å²) in [4.78, 5) is 24.1. The highest BCUT2D eigenvalue weighted by atomic mass is 35.5. The standard InChI is InChI=1S/C12H14ClN3O2/c1-15-12(11(18)7-17)16(8-14-15)6-9-2-4-10(13)5-3-9/h2-5,7,12,14H,6,8H2,1H3. The summed E-state index contributed by atoms with van der Waals surface area (Å²) in [6.07, 6.45) is -0.179. The van der Waals surface area contributed by atoms with E-state index in [9.17, 15) is 9.59 Å². The maximum atomic E-state index is 11.6. The van der Waals surface area contributed by atoms with Crippen LogP contribution in [0.25, 0.3) is 0 Å². The number of carbonyl (C=O) groups is 2. The molecule has 1 aromatic rings. The van der Waals surface area contributed by atoms with Crippen LogP contribution in [-0.2, 0) is 16.1 Å². The van der Waals surface area contributed by atoms with Crippen LogP contribution in [0.1, 0.15) is 5.56 Å². The number of hydrazine groups is 1. The van der Waals surface area contributed by atoms with Gasteiger partial charge in [0.05, 0.1) is 6.67 Å². The third-order valence-electron chi connectivity index (χ3n) is 2.91. The highest BCUT2D eigenvalue weighted by Gasteiger charge is 2.34. The summed E-state index contributed by atoms with van der Waals surface area (Å²) in [6, 6.07) is 7.42. The Bertz CT molecular complexity index is 449. The zero-order valence-electron chi connectivity index (χ0n) is 9.97. The number of Topliss-reactive ketones (excluding diaryl/α,β-unsaturated/α-hetero) is 1. The molecule has 96 valence electrons. The number of carbonyl (C=O) groups excluding carboxylic acids is 2. The van der Waals surface area contributed by atoms with E-state index in [0.29, 0.717) is 24.5 Å². The normalized spacial score (nSPS) is 21.1. The maximum Gasteiger partial charge on any atom is 0.228 e. The van der Waals surface area contributed by atoms with Crippen molar-refractivity contribution >= 4 is 23.7 Å². The number of hydrogen-bond acceptors (Lipinski definition) is 5. The average Bonchev–Trinajstić information content (AvgIpc) is 2.72. The molecule has 1 atom stereocenters. The third-order valence-corrected chi connectivity index (χ3v) is 3.16. The van der Waals surface area contributed by atoms with Crippen molar-refractivity contribution in [3.8, 4) is 0 Å². The van der Waals surface area contributed by atoms with E-state index < -0.39 is 11.9 Å². The van der Waals surface area contributed by atoms with Crippen LogP contribution in [0.2, 0.25) is 5.02 Å². The second-order valence-corrected chi connectivity index (χ2v) is 4.63. The van der Waals surface area contributed by atoms with Crippen molar-refractivity contribution < 1.29 is 9.59 Å². The molecule has 2 rings (SSSR count). The lowest BCUT2D eigenvalue weighted by Gasteiger charge is -2.23. The molecule has 0 aliphatic carbocycles. The van der Waals surface area contributed by atoms with E-state index in [1.807, 2.05) is 17.0 Å². The van der Waals surface area contributed by atoms with Crippen molar-refractivity contribution in [2.75, 3.05) is 13.7 Å². The Hall–Kier alpha value is -1.27. The van der Waals surface area contributed by atoms with Crippen LogP contribution >= 0.6 is 11.6 Å². The van der Waals surface area contributed by atoms with Gasteiger partial charge in [0.15, 0.2) is 6.29 Å². The van der Waals surface area contributed by atoms with E-state index in [-0.39, 0.29) is 0 Å². The van der Waals surface area contributed by atoms with Gasteiger partial charge in [-0.15, -0.1) is 0 Å². The van der Waals surface area contributed by atoms with Gasteiger partial charge >= 0.3 is 0 Å². The maximum absolute atomic E-state index is 11.6. The molecule has 1 saturated heterocycles. The van der Waals surface area contributed by atoms with Crippen LogP contribution in [0.3, 0.4) is 0 Å². The first-order valence-corrected chi connectivity index (χ1v) is 5.93. The van der Waals surface area contributed by atoms with Gasteiger partial charge in [0, 0.05) is 18.6 Å². The van der Waals surface area contributed by atoms with Crippen LogP contribution in [0.4, 0.5) is 0 Å². The van der Waals surface area contributed by atoms with Gasteiger partial charge in [0.25, 0.3) is 0 Å². The van der Waals surface area contributed by atoms with E-state index >= 15 is 0 Å². The Morgan fingerprint density at radius 1 is 1.50 bits per heavy atom. The summed E-state index contributed by atoms with van der Waals surface area (Å²) in [5, 5.41) is 2.32.